The third-order valence-corrected chi connectivity index (χ3v) is 3.10. The third kappa shape index (κ3) is 4.40. The fourth-order valence-corrected chi connectivity index (χ4v) is 1.78. The van der Waals surface area contributed by atoms with E-state index in [-0.39, 0.29) is 0 Å². The summed E-state index contributed by atoms with van der Waals surface area (Å²) < 4.78 is 6.28. The number of benzene rings is 2. The molecule has 0 radical (unpaired) electrons. The molecule has 0 amide bonds. The van der Waals surface area contributed by atoms with E-state index in [1.807, 2.05) is 24.3 Å². The van der Waals surface area contributed by atoms with Gasteiger partial charge in [0.15, 0.2) is 0 Å². The van der Waals surface area contributed by atoms with Crippen molar-refractivity contribution in [3.05, 3.63) is 63.7 Å². The summed E-state index contributed by atoms with van der Waals surface area (Å²) in [6, 6.07) is 14.5. The Kier molecular flexibility index (Phi) is 4.57. The van der Waals surface area contributed by atoms with Gasteiger partial charge in [-0.25, -0.2) is 4.79 Å². The average molecular weight is 365 g/mol. The van der Waals surface area contributed by atoms with Crippen LogP contribution in [0.3, 0.4) is 0 Å². The molecule has 2 aromatic carbocycles. The second kappa shape index (κ2) is 6.38. The number of carbonyl (C=O) groups excluding carboxylic acids is 1. The highest BCUT2D eigenvalue weighted by atomic mass is 127. The molecule has 0 saturated heterocycles. The number of halogens is 1. The summed E-state index contributed by atoms with van der Waals surface area (Å²) in [7, 11) is 0. The fourth-order valence-electron chi connectivity index (χ4n) is 1.42. The SMILES string of the molecule is Nc1ccc(OC(=O)/C=C/c2ccc(I)cc2)cc1. The number of anilines is 1. The fraction of sp³-hybridized carbons (Fsp3) is 0. The van der Waals surface area contributed by atoms with Crippen LogP contribution in [0.15, 0.2) is 54.6 Å². The molecule has 0 unspecified atom stereocenters. The molecule has 0 aliphatic rings. The van der Waals surface area contributed by atoms with Crippen LogP contribution in [-0.4, -0.2) is 5.97 Å². The van der Waals surface area contributed by atoms with Gasteiger partial charge in [0, 0.05) is 15.3 Å². The molecule has 2 aromatic rings. The maximum absolute atomic E-state index is 11.6. The molecule has 0 fully saturated rings. The Morgan fingerprint density at radius 2 is 1.68 bits per heavy atom. The molecule has 0 aromatic heterocycles. The lowest BCUT2D eigenvalue weighted by Gasteiger charge is -2.01. The molecule has 3 nitrogen and oxygen atoms in total. The molecule has 4 heteroatoms. The van der Waals surface area contributed by atoms with Crippen LogP contribution in [0.2, 0.25) is 0 Å². The Hall–Kier alpha value is -1.82. The van der Waals surface area contributed by atoms with E-state index in [4.69, 9.17) is 10.5 Å². The van der Waals surface area contributed by atoms with Gasteiger partial charge in [-0.2, -0.15) is 0 Å². The van der Waals surface area contributed by atoms with Gasteiger partial charge in [-0.1, -0.05) is 12.1 Å². The first kappa shape index (κ1) is 13.6. The van der Waals surface area contributed by atoms with Crippen molar-refractivity contribution in [1.82, 2.24) is 0 Å². The number of ether oxygens (including phenoxy) is 1. The number of hydrogen-bond donors (Lipinski definition) is 1. The standard InChI is InChI=1S/C15H12INO2/c16-12-4-1-11(2-5-12)3-10-15(18)19-14-8-6-13(17)7-9-14/h1-10H,17H2/b10-3+. The number of nitrogens with two attached hydrogens (primary N) is 1. The molecule has 0 aliphatic heterocycles. The van der Waals surface area contributed by atoms with Gasteiger partial charge in [0.2, 0.25) is 0 Å². The van der Waals surface area contributed by atoms with Gasteiger partial charge in [-0.3, -0.25) is 0 Å². The smallest absolute Gasteiger partial charge is 0.336 e. The average Bonchev–Trinajstić information content (AvgIpc) is 2.41. The van der Waals surface area contributed by atoms with E-state index in [0.29, 0.717) is 11.4 Å². The normalized spacial score (nSPS) is 10.6. The first-order chi connectivity index (χ1) is 9.13. The van der Waals surface area contributed by atoms with Gasteiger partial charge in [-0.15, -0.1) is 0 Å². The second-order valence-corrected chi connectivity index (χ2v) is 5.12. The number of esters is 1. The summed E-state index contributed by atoms with van der Waals surface area (Å²) in [5.41, 5.74) is 7.14. The zero-order chi connectivity index (χ0) is 13.7. The molecule has 2 rings (SSSR count). The lowest BCUT2D eigenvalue weighted by Crippen LogP contribution is -2.03. The van der Waals surface area contributed by atoms with Gasteiger partial charge < -0.3 is 10.5 Å². The highest BCUT2D eigenvalue weighted by molar-refractivity contribution is 14.1. The van der Waals surface area contributed by atoms with Gasteiger partial charge in [0.25, 0.3) is 0 Å². The molecule has 96 valence electrons. The number of rotatable bonds is 3. The number of carbonyl (C=O) groups is 1. The molecule has 2 N–H and O–H groups in total. The van der Waals surface area contributed by atoms with Gasteiger partial charge >= 0.3 is 5.97 Å². The van der Waals surface area contributed by atoms with E-state index in [2.05, 4.69) is 22.6 Å². The molecular weight excluding hydrogens is 353 g/mol. The molecule has 0 saturated carbocycles. The summed E-state index contributed by atoms with van der Waals surface area (Å²) in [5.74, 6) is 0.0646. The van der Waals surface area contributed by atoms with Crippen molar-refractivity contribution in [3.8, 4) is 5.75 Å². The van der Waals surface area contributed by atoms with Crippen LogP contribution in [0.4, 0.5) is 5.69 Å². The minimum atomic E-state index is -0.414. The van der Waals surface area contributed by atoms with Crippen molar-refractivity contribution in [2.75, 3.05) is 5.73 Å². The topological polar surface area (TPSA) is 52.3 Å². The monoisotopic (exact) mass is 365 g/mol. The molecule has 0 spiro atoms. The van der Waals surface area contributed by atoms with Gasteiger partial charge in [0.1, 0.15) is 5.75 Å². The zero-order valence-corrected chi connectivity index (χ0v) is 12.2. The van der Waals surface area contributed by atoms with E-state index in [9.17, 15) is 4.79 Å². The van der Waals surface area contributed by atoms with Crippen LogP contribution in [0, 0.1) is 3.57 Å². The quantitative estimate of drug-likeness (QED) is 0.298. The van der Waals surface area contributed by atoms with Crippen molar-refractivity contribution >= 4 is 40.3 Å². The second-order valence-electron chi connectivity index (χ2n) is 3.88. The highest BCUT2D eigenvalue weighted by Gasteiger charge is 1.99. The Morgan fingerprint density at radius 1 is 1.05 bits per heavy atom. The molecular formula is C15H12INO2. The Bertz CT molecular complexity index is 589. The molecule has 0 heterocycles. The molecule has 0 atom stereocenters. The van der Waals surface area contributed by atoms with Crippen LogP contribution in [0.5, 0.6) is 5.75 Å². The molecule has 0 bridgehead atoms. The van der Waals surface area contributed by atoms with Crippen LogP contribution >= 0.6 is 22.6 Å². The summed E-state index contributed by atoms with van der Waals surface area (Å²) in [6.07, 6.45) is 3.12. The number of hydrogen-bond acceptors (Lipinski definition) is 3. The van der Waals surface area contributed by atoms with E-state index in [0.717, 1.165) is 9.13 Å². The predicted molar refractivity (Wildman–Crippen MR) is 84.7 cm³/mol. The van der Waals surface area contributed by atoms with Crippen molar-refractivity contribution in [2.45, 2.75) is 0 Å². The van der Waals surface area contributed by atoms with E-state index in [1.54, 1.807) is 30.3 Å². The Balaban J connectivity index is 1.97. The first-order valence-electron chi connectivity index (χ1n) is 5.64. The number of nitrogen functional groups attached to an aromatic ring is 1. The van der Waals surface area contributed by atoms with Crippen LogP contribution in [0.1, 0.15) is 5.56 Å². The van der Waals surface area contributed by atoms with Crippen LogP contribution in [-0.2, 0) is 4.79 Å². The summed E-state index contributed by atoms with van der Waals surface area (Å²) >= 11 is 2.23. The summed E-state index contributed by atoms with van der Waals surface area (Å²) in [6.45, 7) is 0. The maximum atomic E-state index is 11.6. The summed E-state index contributed by atoms with van der Waals surface area (Å²) in [4.78, 5) is 11.6. The maximum Gasteiger partial charge on any atom is 0.336 e. The third-order valence-electron chi connectivity index (χ3n) is 2.38. The zero-order valence-electron chi connectivity index (χ0n) is 10.0. The first-order valence-corrected chi connectivity index (χ1v) is 6.72. The minimum Gasteiger partial charge on any atom is -0.423 e. The molecule has 19 heavy (non-hydrogen) atoms. The molecule has 0 aliphatic carbocycles. The Morgan fingerprint density at radius 3 is 2.32 bits per heavy atom. The van der Waals surface area contributed by atoms with Crippen molar-refractivity contribution < 1.29 is 9.53 Å². The minimum absolute atomic E-state index is 0.414. The lowest BCUT2D eigenvalue weighted by atomic mass is 10.2. The van der Waals surface area contributed by atoms with Crippen molar-refractivity contribution in [3.63, 3.8) is 0 Å². The van der Waals surface area contributed by atoms with Gasteiger partial charge in [0.05, 0.1) is 0 Å². The summed E-state index contributed by atoms with van der Waals surface area (Å²) in [5, 5.41) is 0. The van der Waals surface area contributed by atoms with E-state index >= 15 is 0 Å². The largest absolute Gasteiger partial charge is 0.423 e. The van der Waals surface area contributed by atoms with E-state index < -0.39 is 5.97 Å². The highest BCUT2D eigenvalue weighted by Crippen LogP contribution is 2.14. The van der Waals surface area contributed by atoms with Crippen LogP contribution in [0.25, 0.3) is 6.08 Å². The Labute approximate surface area is 125 Å². The van der Waals surface area contributed by atoms with Crippen molar-refractivity contribution in [1.29, 1.82) is 0 Å². The lowest BCUT2D eigenvalue weighted by molar-refractivity contribution is -0.128. The van der Waals surface area contributed by atoms with Gasteiger partial charge in [-0.05, 0) is 70.6 Å². The van der Waals surface area contributed by atoms with Crippen molar-refractivity contribution in [2.24, 2.45) is 0 Å². The predicted octanol–water partition coefficient (Wildman–Crippen LogP) is 3.49. The van der Waals surface area contributed by atoms with Crippen LogP contribution < -0.4 is 10.5 Å². The van der Waals surface area contributed by atoms with E-state index in [1.165, 1.54) is 6.08 Å².